The maximum atomic E-state index is 4.31. The molecular formula is C15H24N2. The highest BCUT2D eigenvalue weighted by Crippen LogP contribution is 2.38. The Bertz CT molecular complexity index is 315. The van der Waals surface area contributed by atoms with Crippen LogP contribution in [0.25, 0.3) is 0 Å². The minimum atomic E-state index is 0.349. The topological polar surface area (TPSA) is 24.9 Å². The van der Waals surface area contributed by atoms with E-state index in [4.69, 9.17) is 0 Å². The molecule has 1 saturated carbocycles. The highest BCUT2D eigenvalue weighted by Gasteiger charge is 2.33. The summed E-state index contributed by atoms with van der Waals surface area (Å²) in [6.07, 6.45) is 11.9. The first-order chi connectivity index (χ1) is 8.37. The summed E-state index contributed by atoms with van der Waals surface area (Å²) in [6.45, 7) is 4.47. The van der Waals surface area contributed by atoms with Crippen molar-refractivity contribution in [3.05, 3.63) is 30.1 Å². The van der Waals surface area contributed by atoms with Gasteiger partial charge in [0.05, 0.1) is 0 Å². The molecule has 0 radical (unpaired) electrons. The van der Waals surface area contributed by atoms with E-state index >= 15 is 0 Å². The molecule has 0 atom stereocenters. The summed E-state index contributed by atoms with van der Waals surface area (Å²) in [4.78, 5) is 4.31. The number of nitrogens with one attached hydrogen (secondary N) is 1. The van der Waals surface area contributed by atoms with E-state index in [1.807, 2.05) is 6.20 Å². The lowest BCUT2D eigenvalue weighted by Gasteiger charge is -2.38. The van der Waals surface area contributed by atoms with Crippen molar-refractivity contribution >= 4 is 0 Å². The lowest BCUT2D eigenvalue weighted by molar-refractivity contribution is 0.280. The Morgan fingerprint density at radius 2 is 2.12 bits per heavy atom. The number of hydrogen-bond acceptors (Lipinski definition) is 2. The second-order valence-electron chi connectivity index (χ2n) is 5.26. The molecule has 0 spiro atoms. The van der Waals surface area contributed by atoms with Crippen molar-refractivity contribution in [1.82, 2.24) is 10.3 Å². The molecule has 1 aromatic heterocycles. The SMILES string of the molecule is CCCNCC1(c2cccnc2)CCCCC1. The average molecular weight is 232 g/mol. The van der Waals surface area contributed by atoms with Crippen molar-refractivity contribution in [3.8, 4) is 0 Å². The summed E-state index contributed by atoms with van der Waals surface area (Å²) < 4.78 is 0. The summed E-state index contributed by atoms with van der Waals surface area (Å²) in [5, 5.41) is 3.62. The van der Waals surface area contributed by atoms with Crippen molar-refractivity contribution in [2.45, 2.75) is 50.9 Å². The number of hydrogen-bond donors (Lipinski definition) is 1. The van der Waals surface area contributed by atoms with Gasteiger partial charge in [-0.25, -0.2) is 0 Å². The first kappa shape index (κ1) is 12.6. The molecule has 0 aliphatic heterocycles. The summed E-state index contributed by atoms with van der Waals surface area (Å²) in [7, 11) is 0. The molecule has 1 N–H and O–H groups in total. The van der Waals surface area contributed by atoms with Gasteiger partial charge in [0.25, 0.3) is 0 Å². The van der Waals surface area contributed by atoms with Crippen LogP contribution in [0.3, 0.4) is 0 Å². The molecule has 0 saturated heterocycles. The molecular weight excluding hydrogens is 208 g/mol. The van der Waals surface area contributed by atoms with Crippen LogP contribution in [0.15, 0.2) is 24.5 Å². The Morgan fingerprint density at radius 3 is 2.76 bits per heavy atom. The van der Waals surface area contributed by atoms with E-state index in [0.29, 0.717) is 5.41 Å². The Kier molecular flexibility index (Phi) is 4.55. The lowest BCUT2D eigenvalue weighted by Crippen LogP contribution is -2.40. The van der Waals surface area contributed by atoms with Crippen LogP contribution in [0.5, 0.6) is 0 Å². The summed E-state index contributed by atoms with van der Waals surface area (Å²) >= 11 is 0. The molecule has 1 aromatic rings. The molecule has 1 aliphatic rings. The van der Waals surface area contributed by atoms with E-state index in [9.17, 15) is 0 Å². The molecule has 0 amide bonds. The van der Waals surface area contributed by atoms with Gasteiger partial charge in [-0.2, -0.15) is 0 Å². The van der Waals surface area contributed by atoms with Crippen molar-refractivity contribution in [1.29, 1.82) is 0 Å². The van der Waals surface area contributed by atoms with Crippen LogP contribution in [0.2, 0.25) is 0 Å². The molecule has 0 aromatic carbocycles. The van der Waals surface area contributed by atoms with Crippen LogP contribution in [0.1, 0.15) is 51.0 Å². The Labute approximate surface area is 105 Å². The predicted molar refractivity (Wildman–Crippen MR) is 72.2 cm³/mol. The van der Waals surface area contributed by atoms with Gasteiger partial charge in [-0.3, -0.25) is 4.98 Å². The number of pyridine rings is 1. The molecule has 2 nitrogen and oxygen atoms in total. The first-order valence-electron chi connectivity index (χ1n) is 6.99. The predicted octanol–water partition coefficient (Wildman–Crippen LogP) is 3.28. The van der Waals surface area contributed by atoms with Gasteiger partial charge < -0.3 is 5.32 Å². The third-order valence-electron chi connectivity index (χ3n) is 3.97. The fourth-order valence-corrected chi connectivity index (χ4v) is 2.98. The molecule has 94 valence electrons. The smallest absolute Gasteiger partial charge is 0.0306 e. The minimum absolute atomic E-state index is 0.349. The lowest BCUT2D eigenvalue weighted by atomic mass is 9.70. The van der Waals surface area contributed by atoms with Crippen molar-refractivity contribution in [2.24, 2.45) is 0 Å². The van der Waals surface area contributed by atoms with E-state index in [1.54, 1.807) is 0 Å². The second-order valence-corrected chi connectivity index (χ2v) is 5.26. The largest absolute Gasteiger partial charge is 0.316 e. The third kappa shape index (κ3) is 3.06. The number of aromatic nitrogens is 1. The fourth-order valence-electron chi connectivity index (χ4n) is 2.98. The molecule has 2 heteroatoms. The van der Waals surface area contributed by atoms with Crippen LogP contribution >= 0.6 is 0 Å². The molecule has 1 fully saturated rings. The maximum absolute atomic E-state index is 4.31. The zero-order valence-electron chi connectivity index (χ0n) is 10.9. The second kappa shape index (κ2) is 6.15. The number of rotatable bonds is 5. The van der Waals surface area contributed by atoms with Gasteiger partial charge in [0.2, 0.25) is 0 Å². The van der Waals surface area contributed by atoms with E-state index in [0.717, 1.165) is 13.1 Å². The van der Waals surface area contributed by atoms with Crippen molar-refractivity contribution < 1.29 is 0 Å². The highest BCUT2D eigenvalue weighted by molar-refractivity contribution is 5.23. The van der Waals surface area contributed by atoms with Gasteiger partial charge in [0.15, 0.2) is 0 Å². The third-order valence-corrected chi connectivity index (χ3v) is 3.97. The summed E-state index contributed by atoms with van der Waals surface area (Å²) in [5.41, 5.74) is 1.78. The maximum Gasteiger partial charge on any atom is 0.0306 e. The van der Waals surface area contributed by atoms with Gasteiger partial charge in [-0.05, 0) is 37.4 Å². The quantitative estimate of drug-likeness (QED) is 0.788. The zero-order valence-corrected chi connectivity index (χ0v) is 10.9. The molecule has 1 aliphatic carbocycles. The Hall–Kier alpha value is -0.890. The molecule has 0 bridgehead atoms. The summed E-state index contributed by atoms with van der Waals surface area (Å²) in [5.74, 6) is 0. The molecule has 0 unspecified atom stereocenters. The van der Waals surface area contributed by atoms with Crippen LogP contribution in [-0.4, -0.2) is 18.1 Å². The van der Waals surface area contributed by atoms with Gasteiger partial charge in [0.1, 0.15) is 0 Å². The fraction of sp³-hybridized carbons (Fsp3) is 0.667. The van der Waals surface area contributed by atoms with Gasteiger partial charge in [-0.15, -0.1) is 0 Å². The van der Waals surface area contributed by atoms with E-state index in [1.165, 1.54) is 44.1 Å². The normalized spacial score (nSPS) is 19.1. The monoisotopic (exact) mass is 232 g/mol. The standard InChI is InChI=1S/C15H24N2/c1-2-10-17-13-15(8-4-3-5-9-15)14-7-6-11-16-12-14/h6-7,11-12,17H,2-5,8-10,13H2,1H3. The highest BCUT2D eigenvalue weighted by atomic mass is 14.9. The first-order valence-corrected chi connectivity index (χ1v) is 6.99. The number of nitrogens with zero attached hydrogens (tertiary/aromatic N) is 1. The van der Waals surface area contributed by atoms with E-state index in [-0.39, 0.29) is 0 Å². The Morgan fingerprint density at radius 1 is 1.29 bits per heavy atom. The van der Waals surface area contributed by atoms with Crippen LogP contribution in [-0.2, 0) is 5.41 Å². The van der Waals surface area contributed by atoms with Crippen molar-refractivity contribution in [2.75, 3.05) is 13.1 Å². The van der Waals surface area contributed by atoms with Crippen LogP contribution < -0.4 is 5.32 Å². The minimum Gasteiger partial charge on any atom is -0.316 e. The van der Waals surface area contributed by atoms with Crippen LogP contribution in [0.4, 0.5) is 0 Å². The summed E-state index contributed by atoms with van der Waals surface area (Å²) in [6, 6.07) is 4.33. The van der Waals surface area contributed by atoms with Gasteiger partial charge in [-0.1, -0.05) is 32.3 Å². The molecule has 17 heavy (non-hydrogen) atoms. The van der Waals surface area contributed by atoms with E-state index in [2.05, 4.69) is 35.6 Å². The van der Waals surface area contributed by atoms with Gasteiger partial charge >= 0.3 is 0 Å². The van der Waals surface area contributed by atoms with E-state index < -0.39 is 0 Å². The average Bonchev–Trinajstić information content (AvgIpc) is 2.41. The molecule has 1 heterocycles. The van der Waals surface area contributed by atoms with Gasteiger partial charge in [0, 0.05) is 24.4 Å². The zero-order chi connectivity index (χ0) is 12.0. The Balaban J connectivity index is 2.11. The van der Waals surface area contributed by atoms with Crippen LogP contribution in [0, 0.1) is 0 Å². The molecule has 2 rings (SSSR count). The van der Waals surface area contributed by atoms with Crippen molar-refractivity contribution in [3.63, 3.8) is 0 Å².